The Labute approximate surface area is 146 Å². The maximum atomic E-state index is 4.68. The molecular weight excluding hydrogens is 292 g/mol. The number of aromatic nitrogens is 2. The second-order valence-corrected chi connectivity index (χ2v) is 7.34. The van der Waals surface area contributed by atoms with Gasteiger partial charge < -0.3 is 0 Å². The van der Waals surface area contributed by atoms with Crippen molar-refractivity contribution in [3.8, 4) is 0 Å². The highest BCUT2D eigenvalue weighted by Gasteiger charge is 2.14. The van der Waals surface area contributed by atoms with E-state index in [1.807, 2.05) is 6.92 Å². The highest BCUT2D eigenvalue weighted by molar-refractivity contribution is 5.31. The predicted molar refractivity (Wildman–Crippen MR) is 100 cm³/mol. The first-order chi connectivity index (χ1) is 11.7. The fourth-order valence-electron chi connectivity index (χ4n) is 3.98. The summed E-state index contributed by atoms with van der Waals surface area (Å²) in [5.74, 6) is 1.80. The van der Waals surface area contributed by atoms with Gasteiger partial charge in [0, 0.05) is 12.1 Å². The number of nitrogens with zero attached hydrogens (tertiary/aromatic N) is 2. The van der Waals surface area contributed by atoms with E-state index >= 15 is 0 Å². The Morgan fingerprint density at radius 1 is 0.875 bits per heavy atom. The first kappa shape index (κ1) is 17.1. The summed E-state index contributed by atoms with van der Waals surface area (Å²) in [6.45, 7) is 6.32. The zero-order chi connectivity index (χ0) is 16.9. The van der Waals surface area contributed by atoms with Crippen molar-refractivity contribution in [1.82, 2.24) is 9.97 Å². The second kappa shape index (κ2) is 7.92. The SMILES string of the molecule is CCc1nc(C)nc(Cc2ccc(CC3CCCCC3)cc2)c1C. The van der Waals surface area contributed by atoms with E-state index in [2.05, 4.69) is 48.1 Å². The van der Waals surface area contributed by atoms with Crippen molar-refractivity contribution in [2.45, 2.75) is 72.1 Å². The summed E-state index contributed by atoms with van der Waals surface area (Å²) in [6.07, 6.45) is 10.3. The normalized spacial score (nSPS) is 15.6. The monoisotopic (exact) mass is 322 g/mol. The van der Waals surface area contributed by atoms with Crippen molar-refractivity contribution < 1.29 is 0 Å². The van der Waals surface area contributed by atoms with Gasteiger partial charge in [-0.1, -0.05) is 63.3 Å². The summed E-state index contributed by atoms with van der Waals surface area (Å²) in [5.41, 5.74) is 6.47. The van der Waals surface area contributed by atoms with Gasteiger partial charge in [-0.05, 0) is 49.3 Å². The van der Waals surface area contributed by atoms with Gasteiger partial charge in [0.1, 0.15) is 5.82 Å². The third-order valence-electron chi connectivity index (χ3n) is 5.44. The Hall–Kier alpha value is -1.70. The van der Waals surface area contributed by atoms with Crippen LogP contribution in [0.5, 0.6) is 0 Å². The highest BCUT2D eigenvalue weighted by Crippen LogP contribution is 2.27. The third-order valence-corrected chi connectivity index (χ3v) is 5.44. The highest BCUT2D eigenvalue weighted by atomic mass is 14.9. The van der Waals surface area contributed by atoms with E-state index in [1.165, 1.54) is 66.6 Å². The van der Waals surface area contributed by atoms with Gasteiger partial charge >= 0.3 is 0 Å². The molecular formula is C22H30N2. The first-order valence-corrected chi connectivity index (χ1v) is 9.56. The third kappa shape index (κ3) is 4.23. The van der Waals surface area contributed by atoms with Crippen molar-refractivity contribution in [2.24, 2.45) is 5.92 Å². The predicted octanol–water partition coefficient (Wildman–Crippen LogP) is 5.37. The molecule has 1 fully saturated rings. The average molecular weight is 322 g/mol. The number of rotatable bonds is 5. The molecule has 0 bridgehead atoms. The summed E-state index contributed by atoms with van der Waals surface area (Å²) in [5, 5.41) is 0. The number of hydrogen-bond donors (Lipinski definition) is 0. The van der Waals surface area contributed by atoms with E-state index in [-0.39, 0.29) is 0 Å². The average Bonchev–Trinajstić information content (AvgIpc) is 2.60. The molecule has 3 rings (SSSR count). The molecule has 1 aromatic heterocycles. The topological polar surface area (TPSA) is 25.8 Å². The molecule has 0 atom stereocenters. The van der Waals surface area contributed by atoms with Crippen molar-refractivity contribution >= 4 is 0 Å². The fraction of sp³-hybridized carbons (Fsp3) is 0.545. The lowest BCUT2D eigenvalue weighted by Crippen LogP contribution is -2.09. The first-order valence-electron chi connectivity index (χ1n) is 9.56. The van der Waals surface area contributed by atoms with Crippen molar-refractivity contribution in [3.63, 3.8) is 0 Å². The van der Waals surface area contributed by atoms with Gasteiger partial charge in [0.15, 0.2) is 0 Å². The molecule has 1 heterocycles. The van der Waals surface area contributed by atoms with Crippen LogP contribution in [-0.2, 0) is 19.3 Å². The molecule has 0 unspecified atom stereocenters. The summed E-state index contributed by atoms with van der Waals surface area (Å²) >= 11 is 0. The summed E-state index contributed by atoms with van der Waals surface area (Å²) in [4.78, 5) is 9.24. The maximum absolute atomic E-state index is 4.68. The van der Waals surface area contributed by atoms with Crippen LogP contribution < -0.4 is 0 Å². The van der Waals surface area contributed by atoms with Gasteiger partial charge in [-0.15, -0.1) is 0 Å². The molecule has 128 valence electrons. The zero-order valence-corrected chi connectivity index (χ0v) is 15.4. The number of aryl methyl sites for hydroxylation is 2. The van der Waals surface area contributed by atoms with Crippen LogP contribution in [0, 0.1) is 19.8 Å². The van der Waals surface area contributed by atoms with Gasteiger partial charge in [0.25, 0.3) is 0 Å². The molecule has 1 saturated carbocycles. The molecule has 1 aromatic carbocycles. The van der Waals surface area contributed by atoms with Gasteiger partial charge in [-0.3, -0.25) is 0 Å². The molecule has 0 saturated heterocycles. The van der Waals surface area contributed by atoms with E-state index in [0.717, 1.165) is 24.6 Å². The van der Waals surface area contributed by atoms with Gasteiger partial charge in [0.2, 0.25) is 0 Å². The number of benzene rings is 1. The lowest BCUT2D eigenvalue weighted by atomic mass is 9.85. The molecule has 2 heteroatoms. The minimum atomic E-state index is 0.890. The molecule has 1 aliphatic rings. The van der Waals surface area contributed by atoms with Crippen LogP contribution in [0.15, 0.2) is 24.3 Å². The molecule has 0 radical (unpaired) electrons. The smallest absolute Gasteiger partial charge is 0.125 e. The van der Waals surface area contributed by atoms with E-state index in [4.69, 9.17) is 0 Å². The second-order valence-electron chi connectivity index (χ2n) is 7.34. The fourth-order valence-corrected chi connectivity index (χ4v) is 3.98. The summed E-state index contributed by atoms with van der Waals surface area (Å²) in [7, 11) is 0. The van der Waals surface area contributed by atoms with Crippen molar-refractivity contribution in [1.29, 1.82) is 0 Å². The minimum Gasteiger partial charge on any atom is -0.238 e. The Balaban J connectivity index is 1.69. The molecule has 2 aromatic rings. The summed E-state index contributed by atoms with van der Waals surface area (Å²) < 4.78 is 0. The maximum Gasteiger partial charge on any atom is 0.125 e. The van der Waals surface area contributed by atoms with Crippen LogP contribution in [0.4, 0.5) is 0 Å². The van der Waals surface area contributed by atoms with E-state index in [0.29, 0.717) is 0 Å². The minimum absolute atomic E-state index is 0.890. The Kier molecular flexibility index (Phi) is 5.65. The standard InChI is InChI=1S/C22H30N2/c1-4-21-16(2)22(24-17(3)23-21)15-20-12-10-19(11-13-20)14-18-8-6-5-7-9-18/h10-13,18H,4-9,14-15H2,1-3H3. The lowest BCUT2D eigenvalue weighted by molar-refractivity contribution is 0.356. The molecule has 1 aliphatic carbocycles. The van der Waals surface area contributed by atoms with E-state index in [9.17, 15) is 0 Å². The van der Waals surface area contributed by atoms with Gasteiger partial charge in [-0.2, -0.15) is 0 Å². The van der Waals surface area contributed by atoms with Crippen molar-refractivity contribution in [2.75, 3.05) is 0 Å². The molecule has 0 amide bonds. The zero-order valence-electron chi connectivity index (χ0n) is 15.4. The molecule has 0 N–H and O–H groups in total. The largest absolute Gasteiger partial charge is 0.238 e. The van der Waals surface area contributed by atoms with Crippen LogP contribution in [-0.4, -0.2) is 9.97 Å². The van der Waals surface area contributed by atoms with Crippen LogP contribution in [0.2, 0.25) is 0 Å². The Morgan fingerprint density at radius 2 is 1.50 bits per heavy atom. The lowest BCUT2D eigenvalue weighted by Gasteiger charge is -2.21. The molecule has 0 aliphatic heterocycles. The quantitative estimate of drug-likeness (QED) is 0.739. The van der Waals surface area contributed by atoms with Crippen LogP contribution in [0.3, 0.4) is 0 Å². The molecule has 2 nitrogen and oxygen atoms in total. The van der Waals surface area contributed by atoms with Gasteiger partial charge in [-0.25, -0.2) is 9.97 Å². The van der Waals surface area contributed by atoms with Crippen LogP contribution in [0.25, 0.3) is 0 Å². The Morgan fingerprint density at radius 3 is 2.17 bits per heavy atom. The number of hydrogen-bond acceptors (Lipinski definition) is 2. The van der Waals surface area contributed by atoms with Crippen molar-refractivity contribution in [3.05, 3.63) is 58.2 Å². The molecule has 0 spiro atoms. The van der Waals surface area contributed by atoms with E-state index in [1.54, 1.807) is 0 Å². The summed E-state index contributed by atoms with van der Waals surface area (Å²) in [6, 6.07) is 9.24. The van der Waals surface area contributed by atoms with Gasteiger partial charge in [0.05, 0.1) is 5.69 Å². The van der Waals surface area contributed by atoms with Crippen LogP contribution in [0.1, 0.15) is 72.9 Å². The van der Waals surface area contributed by atoms with Crippen LogP contribution >= 0.6 is 0 Å². The van der Waals surface area contributed by atoms with E-state index < -0.39 is 0 Å². The Bertz CT molecular complexity index is 667. The molecule has 24 heavy (non-hydrogen) atoms.